The van der Waals surface area contributed by atoms with Crippen LogP contribution in [0.5, 0.6) is 0 Å². The van der Waals surface area contributed by atoms with Gasteiger partial charge >= 0.3 is 0 Å². The van der Waals surface area contributed by atoms with Crippen LogP contribution in [0.4, 0.5) is 5.69 Å². The van der Waals surface area contributed by atoms with Crippen LogP contribution in [0, 0.1) is 6.92 Å². The molecule has 90 valence electrons. The van der Waals surface area contributed by atoms with Gasteiger partial charge in [-0.15, -0.1) is 11.8 Å². The van der Waals surface area contributed by atoms with Gasteiger partial charge in [-0.2, -0.15) is 5.10 Å². The zero-order chi connectivity index (χ0) is 12.3. The summed E-state index contributed by atoms with van der Waals surface area (Å²) in [4.78, 5) is 5.46. The SMILES string of the molecule is CCn1ncnc1CSc1ccc(N)c(C)c1. The van der Waals surface area contributed by atoms with Gasteiger partial charge in [-0.1, -0.05) is 0 Å². The van der Waals surface area contributed by atoms with E-state index >= 15 is 0 Å². The molecule has 2 aromatic rings. The first-order chi connectivity index (χ1) is 8.20. The van der Waals surface area contributed by atoms with Crippen LogP contribution in [-0.4, -0.2) is 14.8 Å². The molecule has 1 aromatic carbocycles. The van der Waals surface area contributed by atoms with E-state index in [0.717, 1.165) is 29.4 Å². The third kappa shape index (κ3) is 2.79. The quantitative estimate of drug-likeness (QED) is 0.667. The lowest BCUT2D eigenvalue weighted by molar-refractivity contribution is 0.632. The average Bonchev–Trinajstić information content (AvgIpc) is 2.78. The van der Waals surface area contributed by atoms with Crippen molar-refractivity contribution in [2.45, 2.75) is 31.0 Å². The lowest BCUT2D eigenvalue weighted by Gasteiger charge is -2.05. The Labute approximate surface area is 105 Å². The highest BCUT2D eigenvalue weighted by Crippen LogP contribution is 2.24. The van der Waals surface area contributed by atoms with Crippen LogP contribution in [0.1, 0.15) is 18.3 Å². The molecule has 1 heterocycles. The van der Waals surface area contributed by atoms with Gasteiger partial charge in [0, 0.05) is 17.1 Å². The van der Waals surface area contributed by atoms with E-state index in [2.05, 4.69) is 23.1 Å². The third-order valence-electron chi connectivity index (χ3n) is 2.60. The molecule has 0 saturated carbocycles. The molecule has 2 rings (SSSR count). The second-order valence-electron chi connectivity index (χ2n) is 3.80. The largest absolute Gasteiger partial charge is 0.399 e. The van der Waals surface area contributed by atoms with Crippen molar-refractivity contribution in [1.82, 2.24) is 14.8 Å². The Balaban J connectivity index is 2.05. The standard InChI is InChI=1S/C12H16N4S/c1-3-16-12(14-8-15-16)7-17-10-4-5-11(13)9(2)6-10/h4-6,8H,3,7,13H2,1-2H3. The zero-order valence-corrected chi connectivity index (χ0v) is 10.9. The Bertz CT molecular complexity index is 507. The van der Waals surface area contributed by atoms with Gasteiger partial charge in [0.15, 0.2) is 0 Å². The summed E-state index contributed by atoms with van der Waals surface area (Å²) >= 11 is 1.75. The number of hydrogen-bond acceptors (Lipinski definition) is 4. The summed E-state index contributed by atoms with van der Waals surface area (Å²) < 4.78 is 1.91. The molecule has 0 aliphatic rings. The minimum absolute atomic E-state index is 0.831. The molecule has 0 bridgehead atoms. The van der Waals surface area contributed by atoms with Gasteiger partial charge in [-0.05, 0) is 37.6 Å². The monoisotopic (exact) mass is 248 g/mol. The summed E-state index contributed by atoms with van der Waals surface area (Å²) in [5, 5.41) is 4.15. The molecular weight excluding hydrogens is 232 g/mol. The molecule has 0 aliphatic carbocycles. The molecule has 0 fully saturated rings. The molecule has 0 amide bonds. The molecule has 5 heteroatoms. The summed E-state index contributed by atoms with van der Waals surface area (Å²) in [6.07, 6.45) is 1.60. The maximum Gasteiger partial charge on any atom is 0.138 e. The topological polar surface area (TPSA) is 56.7 Å². The van der Waals surface area contributed by atoms with Crippen molar-refractivity contribution in [2.24, 2.45) is 0 Å². The second kappa shape index (κ2) is 5.23. The van der Waals surface area contributed by atoms with Gasteiger partial charge in [0.25, 0.3) is 0 Å². The van der Waals surface area contributed by atoms with Gasteiger partial charge in [0.2, 0.25) is 0 Å². The van der Waals surface area contributed by atoms with E-state index < -0.39 is 0 Å². The lowest BCUT2D eigenvalue weighted by Crippen LogP contribution is -2.02. The Kier molecular flexibility index (Phi) is 3.68. The smallest absolute Gasteiger partial charge is 0.138 e. The summed E-state index contributed by atoms with van der Waals surface area (Å²) in [6, 6.07) is 6.09. The number of hydrogen-bond donors (Lipinski definition) is 1. The van der Waals surface area contributed by atoms with E-state index in [-0.39, 0.29) is 0 Å². The van der Waals surface area contributed by atoms with Crippen molar-refractivity contribution in [2.75, 3.05) is 5.73 Å². The first-order valence-corrected chi connectivity index (χ1v) is 6.55. The van der Waals surface area contributed by atoms with Gasteiger partial charge in [0.1, 0.15) is 12.2 Å². The number of anilines is 1. The van der Waals surface area contributed by atoms with Crippen LogP contribution in [0.2, 0.25) is 0 Å². The fourth-order valence-corrected chi connectivity index (χ4v) is 2.49. The molecule has 17 heavy (non-hydrogen) atoms. The number of aryl methyl sites for hydroxylation is 2. The molecule has 4 nitrogen and oxygen atoms in total. The van der Waals surface area contributed by atoms with E-state index in [1.165, 1.54) is 4.90 Å². The summed E-state index contributed by atoms with van der Waals surface area (Å²) in [7, 11) is 0. The normalized spacial score (nSPS) is 10.7. The van der Waals surface area contributed by atoms with Crippen LogP contribution in [0.15, 0.2) is 29.4 Å². The lowest BCUT2D eigenvalue weighted by atomic mass is 10.2. The van der Waals surface area contributed by atoms with E-state index in [0.29, 0.717) is 0 Å². The zero-order valence-electron chi connectivity index (χ0n) is 10.1. The average molecular weight is 248 g/mol. The predicted molar refractivity (Wildman–Crippen MR) is 70.8 cm³/mol. The number of aromatic nitrogens is 3. The van der Waals surface area contributed by atoms with E-state index in [1.54, 1.807) is 18.1 Å². The first-order valence-electron chi connectivity index (χ1n) is 5.56. The number of nitrogens with two attached hydrogens (primary N) is 1. The van der Waals surface area contributed by atoms with Crippen LogP contribution in [0.3, 0.4) is 0 Å². The molecule has 0 atom stereocenters. The van der Waals surface area contributed by atoms with Crippen molar-refractivity contribution < 1.29 is 0 Å². The molecule has 0 spiro atoms. The van der Waals surface area contributed by atoms with Crippen LogP contribution >= 0.6 is 11.8 Å². The molecular formula is C12H16N4S. The fourth-order valence-electron chi connectivity index (χ4n) is 1.55. The Morgan fingerprint density at radius 1 is 1.41 bits per heavy atom. The van der Waals surface area contributed by atoms with Gasteiger partial charge in [-0.25, -0.2) is 9.67 Å². The van der Waals surface area contributed by atoms with Crippen molar-refractivity contribution in [3.05, 3.63) is 35.9 Å². The fraction of sp³-hybridized carbons (Fsp3) is 0.333. The number of nitrogens with zero attached hydrogens (tertiary/aromatic N) is 3. The Morgan fingerprint density at radius 3 is 2.94 bits per heavy atom. The maximum atomic E-state index is 5.79. The highest BCUT2D eigenvalue weighted by Gasteiger charge is 2.04. The molecule has 0 radical (unpaired) electrons. The third-order valence-corrected chi connectivity index (χ3v) is 3.59. The van der Waals surface area contributed by atoms with Gasteiger partial charge < -0.3 is 5.73 Å². The number of benzene rings is 1. The summed E-state index contributed by atoms with van der Waals surface area (Å²) in [6.45, 7) is 4.95. The first kappa shape index (κ1) is 12.0. The van der Waals surface area contributed by atoms with Crippen molar-refractivity contribution in [3.63, 3.8) is 0 Å². The van der Waals surface area contributed by atoms with E-state index in [4.69, 9.17) is 5.73 Å². The predicted octanol–water partition coefficient (Wildman–Crippen LogP) is 2.48. The highest BCUT2D eigenvalue weighted by molar-refractivity contribution is 7.98. The molecule has 0 saturated heterocycles. The minimum atomic E-state index is 0.831. The van der Waals surface area contributed by atoms with Crippen LogP contribution in [0.25, 0.3) is 0 Å². The van der Waals surface area contributed by atoms with Gasteiger partial charge in [0.05, 0.1) is 5.75 Å². The summed E-state index contributed by atoms with van der Waals surface area (Å²) in [5.74, 6) is 1.84. The van der Waals surface area contributed by atoms with E-state index in [1.807, 2.05) is 23.7 Å². The maximum absolute atomic E-state index is 5.79. The van der Waals surface area contributed by atoms with Gasteiger partial charge in [-0.3, -0.25) is 0 Å². The molecule has 0 aliphatic heterocycles. The second-order valence-corrected chi connectivity index (χ2v) is 4.85. The van der Waals surface area contributed by atoms with Crippen LogP contribution < -0.4 is 5.73 Å². The number of thioether (sulfide) groups is 1. The van der Waals surface area contributed by atoms with Crippen molar-refractivity contribution >= 4 is 17.4 Å². The number of nitrogen functional groups attached to an aromatic ring is 1. The van der Waals surface area contributed by atoms with Crippen molar-refractivity contribution in [1.29, 1.82) is 0 Å². The van der Waals surface area contributed by atoms with Crippen LogP contribution in [-0.2, 0) is 12.3 Å². The van der Waals surface area contributed by atoms with E-state index in [9.17, 15) is 0 Å². The van der Waals surface area contributed by atoms with Crippen molar-refractivity contribution in [3.8, 4) is 0 Å². The minimum Gasteiger partial charge on any atom is -0.399 e. The molecule has 1 aromatic heterocycles. The molecule has 2 N–H and O–H groups in total. The Morgan fingerprint density at radius 2 is 2.24 bits per heavy atom. The highest BCUT2D eigenvalue weighted by atomic mass is 32.2. The molecule has 0 unspecified atom stereocenters. The Hall–Kier alpha value is -1.49. The number of rotatable bonds is 4. The summed E-state index contributed by atoms with van der Waals surface area (Å²) in [5.41, 5.74) is 7.75.